The lowest BCUT2D eigenvalue weighted by Gasteiger charge is -1.92. The molecule has 0 aromatic heterocycles. The lowest BCUT2D eigenvalue weighted by molar-refractivity contribution is 0.0961. The molecule has 1 heterocycles. The Labute approximate surface area is 110 Å². The fourth-order valence-electron chi connectivity index (χ4n) is 1.50. The van der Waals surface area contributed by atoms with Crippen LogP contribution >= 0.6 is 12.6 Å². The largest absolute Gasteiger partial charge is 0.508 e. The number of thiol groups is 1. The zero-order valence-corrected chi connectivity index (χ0v) is 10.4. The fraction of sp³-hybridized carbons (Fsp3) is 0.0714. The van der Waals surface area contributed by atoms with Gasteiger partial charge in [0.2, 0.25) is 5.78 Å². The summed E-state index contributed by atoms with van der Waals surface area (Å²) in [6.07, 6.45) is 0. The van der Waals surface area contributed by atoms with Gasteiger partial charge in [-0.15, -0.1) is 12.6 Å². The Kier molecular flexibility index (Phi) is 3.89. The molecule has 0 bridgehead atoms. The number of rotatable bonds is 0. The van der Waals surface area contributed by atoms with Crippen LogP contribution in [-0.4, -0.2) is 17.5 Å². The predicted molar refractivity (Wildman–Crippen MR) is 71.6 cm³/mol. The second kappa shape index (κ2) is 5.60. The second-order valence-electron chi connectivity index (χ2n) is 3.72. The van der Waals surface area contributed by atoms with E-state index < -0.39 is 0 Å². The van der Waals surface area contributed by atoms with E-state index in [1.165, 1.54) is 0 Å². The Bertz CT molecular complexity index is 528. The minimum atomic E-state index is 0.0793. The number of Topliss-reactive ketones (excluding diaryl/α,β-unsaturated/α-hetero) is 1. The molecule has 4 heteroatoms. The third-order valence-electron chi connectivity index (χ3n) is 2.40. The van der Waals surface area contributed by atoms with Crippen LogP contribution in [0.2, 0.25) is 0 Å². The van der Waals surface area contributed by atoms with Gasteiger partial charge >= 0.3 is 0 Å². The molecule has 0 amide bonds. The van der Waals surface area contributed by atoms with Crippen LogP contribution in [-0.2, 0) is 0 Å². The molecule has 2 aromatic rings. The summed E-state index contributed by atoms with van der Waals surface area (Å²) in [6, 6.07) is 14.0. The number of aromatic hydroxyl groups is 1. The number of carbonyl (C=O) groups excluding carboxylic acids is 1. The lowest BCUT2D eigenvalue weighted by Crippen LogP contribution is -1.98. The van der Waals surface area contributed by atoms with Crippen molar-refractivity contribution in [1.82, 2.24) is 0 Å². The number of para-hydroxylation sites is 1. The van der Waals surface area contributed by atoms with Gasteiger partial charge in [0.25, 0.3) is 0 Å². The molecule has 0 saturated heterocycles. The van der Waals surface area contributed by atoms with Gasteiger partial charge in [0.05, 0.1) is 5.56 Å². The van der Waals surface area contributed by atoms with Crippen molar-refractivity contribution in [2.24, 2.45) is 0 Å². The Morgan fingerprint density at radius 2 is 1.72 bits per heavy atom. The van der Waals surface area contributed by atoms with E-state index in [4.69, 9.17) is 9.84 Å². The molecule has 0 unspecified atom stereocenters. The van der Waals surface area contributed by atoms with Crippen LogP contribution in [0, 0.1) is 0 Å². The summed E-state index contributed by atoms with van der Waals surface area (Å²) in [4.78, 5) is 11.8. The quantitative estimate of drug-likeness (QED) is 0.716. The molecule has 0 fully saturated rings. The van der Waals surface area contributed by atoms with Crippen molar-refractivity contribution < 1.29 is 14.6 Å². The van der Waals surface area contributed by atoms with E-state index in [0.29, 0.717) is 11.3 Å². The monoisotopic (exact) mass is 260 g/mol. The molecule has 0 aliphatic carbocycles. The van der Waals surface area contributed by atoms with Crippen LogP contribution in [0.15, 0.2) is 53.4 Å². The van der Waals surface area contributed by atoms with Crippen molar-refractivity contribution in [2.45, 2.75) is 4.90 Å². The SMILES string of the molecule is O=C1COc2ccccc21.Oc1ccc(S)cc1. The first kappa shape index (κ1) is 12.5. The summed E-state index contributed by atoms with van der Waals surface area (Å²) in [7, 11) is 0. The van der Waals surface area contributed by atoms with Crippen molar-refractivity contribution in [2.75, 3.05) is 6.61 Å². The first-order valence-electron chi connectivity index (χ1n) is 5.40. The van der Waals surface area contributed by atoms with Crippen LogP contribution in [0.3, 0.4) is 0 Å². The molecule has 18 heavy (non-hydrogen) atoms. The topological polar surface area (TPSA) is 46.5 Å². The fourth-order valence-corrected chi connectivity index (χ4v) is 1.65. The normalized spacial score (nSPS) is 12.2. The van der Waals surface area contributed by atoms with Crippen molar-refractivity contribution in [3.8, 4) is 11.5 Å². The number of carbonyl (C=O) groups is 1. The van der Waals surface area contributed by atoms with E-state index in [1.54, 1.807) is 36.4 Å². The smallest absolute Gasteiger partial charge is 0.203 e. The van der Waals surface area contributed by atoms with Crippen molar-refractivity contribution in [1.29, 1.82) is 0 Å². The van der Waals surface area contributed by atoms with Gasteiger partial charge < -0.3 is 9.84 Å². The molecule has 92 valence electrons. The molecule has 1 aliphatic heterocycles. The Balaban J connectivity index is 0.000000138. The standard InChI is InChI=1S/C8H6O2.C6H6OS/c9-7-5-10-8-4-2-1-3-6(7)8;7-5-1-3-6(8)4-2-5/h1-4H,5H2;1-4,7-8H. The molecule has 1 N–H and O–H groups in total. The lowest BCUT2D eigenvalue weighted by atomic mass is 10.2. The van der Waals surface area contributed by atoms with E-state index in [2.05, 4.69) is 12.6 Å². The van der Waals surface area contributed by atoms with Crippen molar-refractivity contribution in [3.63, 3.8) is 0 Å². The van der Waals surface area contributed by atoms with Crippen LogP contribution in [0.1, 0.15) is 10.4 Å². The van der Waals surface area contributed by atoms with E-state index in [9.17, 15) is 4.79 Å². The first-order chi connectivity index (χ1) is 8.66. The Morgan fingerprint density at radius 3 is 2.33 bits per heavy atom. The third-order valence-corrected chi connectivity index (χ3v) is 2.69. The second-order valence-corrected chi connectivity index (χ2v) is 4.24. The summed E-state index contributed by atoms with van der Waals surface area (Å²) in [5.74, 6) is 1.07. The highest BCUT2D eigenvalue weighted by Crippen LogP contribution is 2.23. The van der Waals surface area contributed by atoms with Gasteiger partial charge in [-0.1, -0.05) is 12.1 Å². The van der Waals surface area contributed by atoms with Gasteiger partial charge in [0.15, 0.2) is 6.61 Å². The minimum Gasteiger partial charge on any atom is -0.508 e. The molecule has 0 spiro atoms. The first-order valence-corrected chi connectivity index (χ1v) is 5.84. The molecule has 2 aromatic carbocycles. The number of fused-ring (bicyclic) bond motifs is 1. The van der Waals surface area contributed by atoms with Crippen LogP contribution in [0.25, 0.3) is 0 Å². The van der Waals surface area contributed by atoms with E-state index >= 15 is 0 Å². The zero-order chi connectivity index (χ0) is 13.0. The van der Waals surface area contributed by atoms with Gasteiger partial charge in [-0.25, -0.2) is 0 Å². The number of benzene rings is 2. The van der Waals surface area contributed by atoms with E-state index in [0.717, 1.165) is 4.90 Å². The van der Waals surface area contributed by atoms with Crippen LogP contribution in [0.5, 0.6) is 11.5 Å². The van der Waals surface area contributed by atoms with Gasteiger partial charge in [-0.05, 0) is 36.4 Å². The predicted octanol–water partition coefficient (Wildman–Crippen LogP) is 2.94. The number of ketones is 1. The van der Waals surface area contributed by atoms with Gasteiger partial charge in [-0.3, -0.25) is 4.79 Å². The Morgan fingerprint density at radius 1 is 1.06 bits per heavy atom. The number of ether oxygens (including phenoxy) is 1. The number of phenols is 1. The maximum Gasteiger partial charge on any atom is 0.203 e. The maximum absolute atomic E-state index is 10.9. The molecular formula is C14H12O3S. The molecule has 1 aliphatic rings. The maximum atomic E-state index is 10.9. The molecule has 0 atom stereocenters. The average Bonchev–Trinajstić information content (AvgIpc) is 2.76. The third kappa shape index (κ3) is 3.05. The van der Waals surface area contributed by atoms with Crippen LogP contribution < -0.4 is 4.74 Å². The highest BCUT2D eigenvalue weighted by Gasteiger charge is 2.18. The van der Waals surface area contributed by atoms with E-state index in [1.807, 2.05) is 12.1 Å². The summed E-state index contributed by atoms with van der Waals surface area (Å²) < 4.78 is 5.06. The number of hydrogen-bond donors (Lipinski definition) is 2. The molecule has 0 saturated carbocycles. The molecule has 3 nitrogen and oxygen atoms in total. The van der Waals surface area contributed by atoms with E-state index in [-0.39, 0.29) is 18.1 Å². The highest BCUT2D eigenvalue weighted by molar-refractivity contribution is 7.80. The molecule has 3 rings (SSSR count). The zero-order valence-electron chi connectivity index (χ0n) is 9.54. The highest BCUT2D eigenvalue weighted by atomic mass is 32.1. The van der Waals surface area contributed by atoms with Crippen molar-refractivity contribution >= 4 is 18.4 Å². The number of hydrogen-bond acceptors (Lipinski definition) is 4. The van der Waals surface area contributed by atoms with Gasteiger partial charge in [0.1, 0.15) is 11.5 Å². The minimum absolute atomic E-state index is 0.0793. The molecule has 0 radical (unpaired) electrons. The van der Waals surface area contributed by atoms with Crippen LogP contribution in [0.4, 0.5) is 0 Å². The van der Waals surface area contributed by atoms with Crippen molar-refractivity contribution in [3.05, 3.63) is 54.1 Å². The molecular weight excluding hydrogens is 248 g/mol. The van der Waals surface area contributed by atoms with Gasteiger partial charge in [-0.2, -0.15) is 0 Å². The summed E-state index contributed by atoms with van der Waals surface area (Å²) in [5, 5.41) is 8.72. The average molecular weight is 260 g/mol. The summed E-state index contributed by atoms with van der Waals surface area (Å²) in [6.45, 7) is 0.208. The summed E-state index contributed by atoms with van der Waals surface area (Å²) >= 11 is 4.02. The van der Waals surface area contributed by atoms with Gasteiger partial charge in [0, 0.05) is 4.90 Å². The summed E-state index contributed by atoms with van der Waals surface area (Å²) in [5.41, 5.74) is 0.711. The Hall–Kier alpha value is -1.94. The number of phenolic OH excluding ortho intramolecular Hbond substituents is 1.